The minimum atomic E-state index is -0.717. The lowest BCUT2D eigenvalue weighted by Crippen LogP contribution is -2.42. The zero-order chi connectivity index (χ0) is 23.1. The fourth-order valence-electron chi connectivity index (χ4n) is 2.73. The number of carbonyl (C=O) groups is 3. The van der Waals surface area contributed by atoms with Crippen LogP contribution in [0.5, 0.6) is 0 Å². The van der Waals surface area contributed by atoms with Gasteiger partial charge < -0.3 is 14.5 Å². The van der Waals surface area contributed by atoms with E-state index in [1.165, 1.54) is 12.1 Å². The Morgan fingerprint density at radius 2 is 1.69 bits per heavy atom. The number of nitrogens with one attached hydrogen (secondary N) is 2. The number of nitrogens with zero attached hydrogens (tertiary/aromatic N) is 2. The average molecular weight is 436 g/mol. The van der Waals surface area contributed by atoms with Crippen molar-refractivity contribution in [1.29, 1.82) is 0 Å². The van der Waals surface area contributed by atoms with Crippen LogP contribution in [0, 0.1) is 12.8 Å². The molecule has 3 aromatic rings. The number of urea groups is 1. The summed E-state index contributed by atoms with van der Waals surface area (Å²) in [6.45, 7) is 5.67. The number of aryl methyl sites for hydroxylation is 1. The molecule has 9 nitrogen and oxygen atoms in total. The number of rotatable bonds is 7. The Morgan fingerprint density at radius 3 is 2.38 bits per heavy atom. The SMILES string of the molecule is Cc1ccccc1-c1nnc(-c2ccc(C(=O)OCC(=O)NC(=O)NCC(C)C)cc2)o1. The maximum Gasteiger partial charge on any atom is 0.338 e. The van der Waals surface area contributed by atoms with E-state index in [4.69, 9.17) is 9.15 Å². The lowest BCUT2D eigenvalue weighted by Gasteiger charge is -2.09. The number of carbonyl (C=O) groups excluding carboxylic acids is 3. The van der Waals surface area contributed by atoms with Crippen LogP contribution < -0.4 is 10.6 Å². The van der Waals surface area contributed by atoms with Crippen LogP contribution in [0.2, 0.25) is 0 Å². The highest BCUT2D eigenvalue weighted by Gasteiger charge is 2.15. The Balaban J connectivity index is 1.55. The molecule has 166 valence electrons. The third kappa shape index (κ3) is 6.00. The molecule has 0 radical (unpaired) electrons. The lowest BCUT2D eigenvalue weighted by atomic mass is 10.1. The first-order chi connectivity index (χ1) is 15.3. The molecule has 3 amide bonds. The van der Waals surface area contributed by atoms with Crippen LogP contribution >= 0.6 is 0 Å². The van der Waals surface area contributed by atoms with Crippen LogP contribution in [0.1, 0.15) is 29.8 Å². The van der Waals surface area contributed by atoms with Crippen molar-refractivity contribution in [2.24, 2.45) is 5.92 Å². The van der Waals surface area contributed by atoms with Crippen molar-refractivity contribution in [3.63, 3.8) is 0 Å². The molecule has 0 unspecified atom stereocenters. The maximum atomic E-state index is 12.2. The van der Waals surface area contributed by atoms with Crippen LogP contribution in [0.4, 0.5) is 4.79 Å². The molecule has 0 saturated heterocycles. The summed E-state index contributed by atoms with van der Waals surface area (Å²) in [5.41, 5.74) is 2.74. The average Bonchev–Trinajstić information content (AvgIpc) is 3.26. The Kier molecular flexibility index (Phi) is 7.33. The summed E-state index contributed by atoms with van der Waals surface area (Å²) in [6, 6.07) is 13.4. The molecular weight excluding hydrogens is 412 g/mol. The number of hydrogen-bond acceptors (Lipinski definition) is 7. The Morgan fingerprint density at radius 1 is 1.00 bits per heavy atom. The van der Waals surface area contributed by atoms with E-state index in [2.05, 4.69) is 20.8 Å². The Hall–Kier alpha value is -4.01. The van der Waals surface area contributed by atoms with Gasteiger partial charge in [-0.2, -0.15) is 0 Å². The molecule has 3 rings (SSSR count). The van der Waals surface area contributed by atoms with Gasteiger partial charge in [0.05, 0.1) is 5.56 Å². The zero-order valence-electron chi connectivity index (χ0n) is 18.0. The van der Waals surface area contributed by atoms with Gasteiger partial charge in [0.1, 0.15) is 0 Å². The molecule has 1 aromatic heterocycles. The van der Waals surface area contributed by atoms with Gasteiger partial charge >= 0.3 is 12.0 Å². The molecule has 0 saturated carbocycles. The maximum absolute atomic E-state index is 12.2. The van der Waals surface area contributed by atoms with E-state index in [0.717, 1.165) is 11.1 Å². The molecule has 2 N–H and O–H groups in total. The minimum Gasteiger partial charge on any atom is -0.452 e. The van der Waals surface area contributed by atoms with Crippen LogP contribution in [-0.2, 0) is 9.53 Å². The smallest absolute Gasteiger partial charge is 0.338 e. The van der Waals surface area contributed by atoms with E-state index in [1.807, 2.05) is 45.0 Å². The lowest BCUT2D eigenvalue weighted by molar-refractivity contribution is -0.123. The summed E-state index contributed by atoms with van der Waals surface area (Å²) in [5, 5.41) is 12.8. The molecule has 0 aliphatic heterocycles. The fraction of sp³-hybridized carbons (Fsp3) is 0.261. The van der Waals surface area contributed by atoms with Crippen LogP contribution in [0.3, 0.4) is 0 Å². The molecule has 0 aliphatic carbocycles. The van der Waals surface area contributed by atoms with Crippen LogP contribution in [-0.4, -0.2) is 41.3 Å². The topological polar surface area (TPSA) is 123 Å². The van der Waals surface area contributed by atoms with Gasteiger partial charge in [0.25, 0.3) is 5.91 Å². The summed E-state index contributed by atoms with van der Waals surface area (Å²) in [4.78, 5) is 35.5. The second-order valence-corrected chi connectivity index (χ2v) is 7.53. The van der Waals surface area contributed by atoms with Gasteiger partial charge in [-0.15, -0.1) is 10.2 Å². The number of esters is 1. The standard InChI is InChI=1S/C23H24N4O5/c1-14(2)12-24-23(30)25-19(28)13-31-22(29)17-10-8-16(9-11-17)20-26-27-21(32-20)18-7-5-4-6-15(18)3/h4-11,14H,12-13H2,1-3H3,(H2,24,25,28,30). The predicted octanol–water partition coefficient (Wildman–Crippen LogP) is 3.35. The summed E-state index contributed by atoms with van der Waals surface area (Å²) < 4.78 is 10.7. The van der Waals surface area contributed by atoms with Gasteiger partial charge in [-0.1, -0.05) is 32.0 Å². The summed E-state index contributed by atoms with van der Waals surface area (Å²) in [5.74, 6) is -0.441. The first-order valence-electron chi connectivity index (χ1n) is 10.1. The summed E-state index contributed by atoms with van der Waals surface area (Å²) in [6.07, 6.45) is 0. The van der Waals surface area contributed by atoms with Crippen molar-refractivity contribution >= 4 is 17.9 Å². The van der Waals surface area contributed by atoms with Gasteiger partial charge in [-0.3, -0.25) is 10.1 Å². The van der Waals surface area contributed by atoms with Gasteiger partial charge in [0.2, 0.25) is 11.8 Å². The van der Waals surface area contributed by atoms with Crippen molar-refractivity contribution in [1.82, 2.24) is 20.8 Å². The molecule has 0 fully saturated rings. The van der Waals surface area contributed by atoms with Crippen molar-refractivity contribution < 1.29 is 23.5 Å². The fourth-order valence-corrected chi connectivity index (χ4v) is 2.73. The van der Waals surface area contributed by atoms with Crippen LogP contribution in [0.25, 0.3) is 22.9 Å². The van der Waals surface area contributed by atoms with Crippen molar-refractivity contribution in [2.45, 2.75) is 20.8 Å². The third-order valence-electron chi connectivity index (χ3n) is 4.43. The molecular formula is C23H24N4O5. The van der Waals surface area contributed by atoms with E-state index in [1.54, 1.807) is 12.1 Å². The molecule has 0 bridgehead atoms. The van der Waals surface area contributed by atoms with Gasteiger partial charge in [-0.05, 0) is 48.7 Å². The second kappa shape index (κ2) is 10.3. The molecule has 32 heavy (non-hydrogen) atoms. The Labute approximate surface area is 185 Å². The second-order valence-electron chi connectivity index (χ2n) is 7.53. The van der Waals surface area contributed by atoms with E-state index < -0.39 is 24.5 Å². The van der Waals surface area contributed by atoms with Crippen molar-refractivity contribution in [3.05, 3.63) is 59.7 Å². The Bertz CT molecular complexity index is 1110. The minimum absolute atomic E-state index is 0.240. The first-order valence-corrected chi connectivity index (χ1v) is 10.1. The quantitative estimate of drug-likeness (QED) is 0.544. The molecule has 0 spiro atoms. The zero-order valence-corrected chi connectivity index (χ0v) is 18.0. The van der Waals surface area contributed by atoms with Gasteiger partial charge in [0, 0.05) is 17.7 Å². The predicted molar refractivity (Wildman–Crippen MR) is 117 cm³/mol. The number of hydrogen-bond donors (Lipinski definition) is 2. The third-order valence-corrected chi connectivity index (χ3v) is 4.43. The number of aromatic nitrogens is 2. The van der Waals surface area contributed by atoms with Gasteiger partial charge in [0.15, 0.2) is 6.61 Å². The van der Waals surface area contributed by atoms with Crippen molar-refractivity contribution in [3.8, 4) is 22.9 Å². The number of amides is 3. The van der Waals surface area contributed by atoms with E-state index in [9.17, 15) is 14.4 Å². The van der Waals surface area contributed by atoms with Crippen LogP contribution in [0.15, 0.2) is 52.9 Å². The van der Waals surface area contributed by atoms with Gasteiger partial charge in [-0.25, -0.2) is 9.59 Å². The molecule has 9 heteroatoms. The summed E-state index contributed by atoms with van der Waals surface area (Å²) in [7, 11) is 0. The highest BCUT2D eigenvalue weighted by atomic mass is 16.5. The van der Waals surface area contributed by atoms with E-state index in [-0.39, 0.29) is 11.5 Å². The van der Waals surface area contributed by atoms with Crippen molar-refractivity contribution in [2.75, 3.05) is 13.2 Å². The monoisotopic (exact) mass is 436 g/mol. The largest absolute Gasteiger partial charge is 0.452 e. The molecule has 2 aromatic carbocycles. The van der Waals surface area contributed by atoms with E-state index in [0.29, 0.717) is 23.9 Å². The van der Waals surface area contributed by atoms with E-state index >= 15 is 0 Å². The molecule has 1 heterocycles. The molecule has 0 aliphatic rings. The summed E-state index contributed by atoms with van der Waals surface area (Å²) >= 11 is 0. The number of ether oxygens (including phenoxy) is 1. The highest BCUT2D eigenvalue weighted by molar-refractivity contribution is 5.97. The number of benzene rings is 2. The normalized spacial score (nSPS) is 10.6. The molecule has 0 atom stereocenters. The first kappa shape index (κ1) is 22.7. The highest BCUT2D eigenvalue weighted by Crippen LogP contribution is 2.26. The number of imide groups is 1.